The molecule has 0 saturated carbocycles. The first-order chi connectivity index (χ1) is 13.1. The van der Waals surface area contributed by atoms with Crippen molar-refractivity contribution in [3.05, 3.63) is 71.5 Å². The van der Waals surface area contributed by atoms with Crippen LogP contribution in [0, 0.1) is 6.92 Å². The van der Waals surface area contributed by atoms with E-state index in [2.05, 4.69) is 41.4 Å². The van der Waals surface area contributed by atoms with Gasteiger partial charge in [0.25, 0.3) is 0 Å². The smallest absolute Gasteiger partial charge is 0.319 e. The third kappa shape index (κ3) is 4.77. The Morgan fingerprint density at radius 3 is 2.63 bits per heavy atom. The molecule has 0 fully saturated rings. The number of carbonyl (C=O) groups excluding carboxylic acids is 1. The molecule has 0 unspecified atom stereocenters. The molecule has 0 radical (unpaired) electrons. The molecule has 140 valence electrons. The van der Waals surface area contributed by atoms with Gasteiger partial charge in [-0.3, -0.25) is 9.36 Å². The molecule has 0 N–H and O–H groups in total. The molecule has 3 aromatic rings. The molecule has 1 aromatic heterocycles. The van der Waals surface area contributed by atoms with Gasteiger partial charge in [-0.05, 0) is 44.0 Å². The normalized spacial score (nSPS) is 12.0. The van der Waals surface area contributed by atoms with E-state index in [1.54, 1.807) is 0 Å². The van der Waals surface area contributed by atoms with Crippen molar-refractivity contribution in [2.45, 2.75) is 37.6 Å². The lowest BCUT2D eigenvalue weighted by Crippen LogP contribution is -2.17. The maximum atomic E-state index is 12.0. The van der Waals surface area contributed by atoms with E-state index in [1.165, 1.54) is 11.8 Å². The first-order valence-corrected chi connectivity index (χ1v) is 9.85. The molecule has 0 aliphatic rings. The lowest BCUT2D eigenvalue weighted by atomic mass is 10.1. The van der Waals surface area contributed by atoms with Crippen LogP contribution in [0.5, 0.6) is 0 Å². The molecule has 1 atom stereocenters. The van der Waals surface area contributed by atoms with Crippen LogP contribution in [-0.2, 0) is 16.0 Å². The average molecular weight is 382 g/mol. The van der Waals surface area contributed by atoms with E-state index in [4.69, 9.17) is 4.74 Å². The van der Waals surface area contributed by atoms with E-state index in [1.807, 2.05) is 48.7 Å². The van der Waals surface area contributed by atoms with Crippen molar-refractivity contribution in [3.8, 4) is 5.69 Å². The highest BCUT2D eigenvalue weighted by molar-refractivity contribution is 8.00. The molecule has 0 aliphatic heterocycles. The SMILES string of the molecule is CCOC(=O)[C@@H](C)Sc1nnc(Cc2ccccc2)n1-c1cccc(C)c1. The fourth-order valence-corrected chi connectivity index (χ4v) is 3.65. The highest BCUT2D eigenvalue weighted by Gasteiger charge is 2.22. The molecule has 0 spiro atoms. The Balaban J connectivity index is 1.97. The van der Waals surface area contributed by atoms with Crippen molar-refractivity contribution in [3.63, 3.8) is 0 Å². The molecule has 0 amide bonds. The van der Waals surface area contributed by atoms with Gasteiger partial charge in [0, 0.05) is 12.1 Å². The summed E-state index contributed by atoms with van der Waals surface area (Å²) in [5, 5.41) is 9.11. The zero-order valence-electron chi connectivity index (χ0n) is 15.8. The Bertz CT molecular complexity index is 909. The standard InChI is InChI=1S/C21H23N3O2S/c1-4-26-20(25)16(3)27-21-23-22-19(14-17-10-6-5-7-11-17)24(21)18-12-8-9-15(2)13-18/h5-13,16H,4,14H2,1-3H3/t16-/m1/s1. The molecule has 0 aliphatic carbocycles. The summed E-state index contributed by atoms with van der Waals surface area (Å²) in [5.74, 6) is 0.594. The lowest BCUT2D eigenvalue weighted by Gasteiger charge is -2.13. The van der Waals surface area contributed by atoms with E-state index in [9.17, 15) is 4.79 Å². The number of esters is 1. The van der Waals surface area contributed by atoms with Gasteiger partial charge in [0.05, 0.1) is 6.61 Å². The zero-order chi connectivity index (χ0) is 19.2. The van der Waals surface area contributed by atoms with E-state index >= 15 is 0 Å². The second-order valence-corrected chi connectivity index (χ2v) is 7.56. The van der Waals surface area contributed by atoms with Crippen LogP contribution >= 0.6 is 11.8 Å². The van der Waals surface area contributed by atoms with Crippen LogP contribution < -0.4 is 0 Å². The van der Waals surface area contributed by atoms with Gasteiger partial charge in [0.1, 0.15) is 11.1 Å². The van der Waals surface area contributed by atoms with E-state index in [0.717, 1.165) is 22.6 Å². The number of hydrogen-bond donors (Lipinski definition) is 0. The summed E-state index contributed by atoms with van der Waals surface area (Å²) in [7, 11) is 0. The van der Waals surface area contributed by atoms with Gasteiger partial charge >= 0.3 is 5.97 Å². The molecular formula is C21H23N3O2S. The van der Waals surface area contributed by atoms with Gasteiger partial charge in [-0.25, -0.2) is 0 Å². The van der Waals surface area contributed by atoms with Crippen molar-refractivity contribution in [2.75, 3.05) is 6.61 Å². The topological polar surface area (TPSA) is 57.0 Å². The summed E-state index contributed by atoms with van der Waals surface area (Å²) in [6.07, 6.45) is 0.663. The Morgan fingerprint density at radius 2 is 1.93 bits per heavy atom. The third-order valence-corrected chi connectivity index (χ3v) is 5.09. The molecule has 27 heavy (non-hydrogen) atoms. The molecule has 0 bridgehead atoms. The van der Waals surface area contributed by atoms with E-state index < -0.39 is 0 Å². The summed E-state index contributed by atoms with van der Waals surface area (Å²) in [4.78, 5) is 12.0. The summed E-state index contributed by atoms with van der Waals surface area (Å²) < 4.78 is 7.15. The summed E-state index contributed by atoms with van der Waals surface area (Å²) in [6, 6.07) is 18.4. The Morgan fingerprint density at radius 1 is 1.15 bits per heavy atom. The summed E-state index contributed by atoms with van der Waals surface area (Å²) >= 11 is 1.37. The van der Waals surface area contributed by atoms with Crippen LogP contribution in [0.25, 0.3) is 5.69 Å². The second kappa shape index (κ2) is 8.86. The van der Waals surface area contributed by atoms with Gasteiger partial charge < -0.3 is 4.74 Å². The van der Waals surface area contributed by atoms with Crippen molar-refractivity contribution in [1.82, 2.24) is 14.8 Å². The van der Waals surface area contributed by atoms with E-state index in [0.29, 0.717) is 18.2 Å². The number of aromatic nitrogens is 3. The Kier molecular flexibility index (Phi) is 6.29. The zero-order valence-corrected chi connectivity index (χ0v) is 16.6. The molecule has 2 aromatic carbocycles. The lowest BCUT2D eigenvalue weighted by molar-refractivity contribution is -0.142. The van der Waals surface area contributed by atoms with Gasteiger partial charge in [0.15, 0.2) is 5.16 Å². The summed E-state index contributed by atoms with van der Waals surface area (Å²) in [5.41, 5.74) is 3.31. The fourth-order valence-electron chi connectivity index (χ4n) is 2.76. The van der Waals surface area contributed by atoms with Crippen LogP contribution in [0.1, 0.15) is 30.8 Å². The average Bonchev–Trinajstić information content (AvgIpc) is 3.04. The van der Waals surface area contributed by atoms with Crippen LogP contribution in [0.2, 0.25) is 0 Å². The molecule has 0 saturated heterocycles. The first-order valence-electron chi connectivity index (χ1n) is 8.97. The number of ether oxygens (including phenoxy) is 1. The summed E-state index contributed by atoms with van der Waals surface area (Å²) in [6.45, 7) is 6.06. The number of aryl methyl sites for hydroxylation is 1. The maximum Gasteiger partial charge on any atom is 0.319 e. The minimum absolute atomic E-state index is 0.245. The Labute approximate surface area is 163 Å². The number of carbonyl (C=O) groups is 1. The fraction of sp³-hybridized carbons (Fsp3) is 0.286. The third-order valence-electron chi connectivity index (χ3n) is 4.07. The number of nitrogens with zero attached hydrogens (tertiary/aromatic N) is 3. The molecule has 5 nitrogen and oxygen atoms in total. The van der Waals surface area contributed by atoms with Gasteiger partial charge in [-0.1, -0.05) is 54.2 Å². The highest BCUT2D eigenvalue weighted by Crippen LogP contribution is 2.27. The molecule has 6 heteroatoms. The van der Waals surface area contributed by atoms with Gasteiger partial charge in [-0.15, -0.1) is 10.2 Å². The minimum atomic E-state index is -0.359. The number of hydrogen-bond acceptors (Lipinski definition) is 5. The van der Waals surface area contributed by atoms with Crippen molar-refractivity contribution < 1.29 is 9.53 Å². The first kappa shape index (κ1) is 19.2. The minimum Gasteiger partial charge on any atom is -0.465 e. The van der Waals surface area contributed by atoms with Crippen LogP contribution in [0.4, 0.5) is 0 Å². The number of rotatable bonds is 7. The monoisotopic (exact) mass is 381 g/mol. The molecule has 3 rings (SSSR count). The van der Waals surface area contributed by atoms with Gasteiger partial charge in [-0.2, -0.15) is 0 Å². The van der Waals surface area contributed by atoms with Crippen molar-refractivity contribution >= 4 is 17.7 Å². The molecular weight excluding hydrogens is 358 g/mol. The van der Waals surface area contributed by atoms with E-state index in [-0.39, 0.29) is 11.2 Å². The number of benzene rings is 2. The largest absolute Gasteiger partial charge is 0.465 e. The number of thioether (sulfide) groups is 1. The van der Waals surface area contributed by atoms with Crippen LogP contribution in [0.15, 0.2) is 59.8 Å². The predicted octanol–water partition coefficient (Wildman–Crippen LogP) is 4.21. The Hall–Kier alpha value is -2.60. The van der Waals surface area contributed by atoms with Crippen molar-refractivity contribution in [1.29, 1.82) is 0 Å². The van der Waals surface area contributed by atoms with Crippen LogP contribution in [-0.4, -0.2) is 32.6 Å². The highest BCUT2D eigenvalue weighted by atomic mass is 32.2. The maximum absolute atomic E-state index is 12.0. The molecule has 1 heterocycles. The van der Waals surface area contributed by atoms with Gasteiger partial charge in [0.2, 0.25) is 0 Å². The van der Waals surface area contributed by atoms with Crippen LogP contribution in [0.3, 0.4) is 0 Å². The quantitative estimate of drug-likeness (QED) is 0.453. The predicted molar refractivity (Wildman–Crippen MR) is 107 cm³/mol. The van der Waals surface area contributed by atoms with Crippen molar-refractivity contribution in [2.24, 2.45) is 0 Å². The second-order valence-electron chi connectivity index (χ2n) is 6.25.